The number of rotatable bonds is 3. The molecule has 5 heteroatoms. The number of nitrogens with two attached hydrogens (primary N) is 1. The first-order chi connectivity index (χ1) is 4.93. The molecule has 0 aromatic carbocycles. The molecule has 1 aromatic heterocycles. The summed E-state index contributed by atoms with van der Waals surface area (Å²) in [5.41, 5.74) is 5.26. The van der Waals surface area contributed by atoms with Crippen LogP contribution in [0.3, 0.4) is 0 Å². The Labute approximate surface area is 71.6 Å². The third kappa shape index (κ3) is 3.75. The number of hydrogen-bond donors (Lipinski definition) is 2. The summed E-state index contributed by atoms with van der Waals surface area (Å²) in [7, 11) is 0. The molecule has 1 rings (SSSR count). The summed E-state index contributed by atoms with van der Waals surface area (Å²) < 4.78 is 0. The molecule has 0 aliphatic heterocycles. The van der Waals surface area contributed by atoms with E-state index in [0.717, 1.165) is 0 Å². The van der Waals surface area contributed by atoms with Gasteiger partial charge in [-0.2, -0.15) is 0 Å². The normalized spacial score (nSPS) is 8.45. The Hall–Kier alpha value is -0.870. The Balaban J connectivity index is 0.000001000. The van der Waals surface area contributed by atoms with Crippen molar-refractivity contribution in [2.45, 2.75) is 0 Å². The van der Waals surface area contributed by atoms with Gasteiger partial charge in [-0.1, -0.05) is 0 Å². The van der Waals surface area contributed by atoms with Crippen molar-refractivity contribution in [3.63, 3.8) is 0 Å². The van der Waals surface area contributed by atoms with Gasteiger partial charge in [0.25, 0.3) is 0 Å². The molecule has 0 radical (unpaired) electrons. The number of halogens is 1. The van der Waals surface area contributed by atoms with E-state index in [4.69, 9.17) is 5.73 Å². The van der Waals surface area contributed by atoms with Crippen molar-refractivity contribution in [1.82, 2.24) is 9.97 Å². The molecule has 1 heterocycles. The molecule has 11 heavy (non-hydrogen) atoms. The van der Waals surface area contributed by atoms with Gasteiger partial charge in [-0.3, -0.25) is 0 Å². The zero-order valence-corrected chi connectivity index (χ0v) is 6.84. The molecule has 3 N–H and O–H groups in total. The summed E-state index contributed by atoms with van der Waals surface area (Å²) in [4.78, 5) is 7.88. The molecule has 0 unspecified atom stereocenters. The molecule has 0 saturated carbocycles. The molecule has 62 valence electrons. The maximum Gasteiger partial charge on any atom is 0.222 e. The lowest BCUT2D eigenvalue weighted by molar-refractivity contribution is 0.989. The molecule has 0 fully saturated rings. The van der Waals surface area contributed by atoms with E-state index >= 15 is 0 Å². The molecule has 1 aromatic rings. The molecule has 0 bridgehead atoms. The van der Waals surface area contributed by atoms with Crippen LogP contribution in [-0.4, -0.2) is 23.1 Å². The third-order valence-corrected chi connectivity index (χ3v) is 0.993. The van der Waals surface area contributed by atoms with Gasteiger partial charge in [0, 0.05) is 25.5 Å². The van der Waals surface area contributed by atoms with Crippen molar-refractivity contribution in [3.8, 4) is 0 Å². The number of aromatic nitrogens is 2. The van der Waals surface area contributed by atoms with Gasteiger partial charge in [-0.25, -0.2) is 9.97 Å². The smallest absolute Gasteiger partial charge is 0.222 e. The fourth-order valence-corrected chi connectivity index (χ4v) is 0.574. The predicted molar refractivity (Wildman–Crippen MR) is 46.8 cm³/mol. The molecule has 0 saturated heterocycles. The number of anilines is 1. The van der Waals surface area contributed by atoms with Crippen LogP contribution in [0.1, 0.15) is 0 Å². The lowest BCUT2D eigenvalue weighted by atomic mass is 10.6. The molecule has 0 atom stereocenters. The summed E-state index contributed by atoms with van der Waals surface area (Å²) in [6, 6.07) is 1.77. The standard InChI is InChI=1S/C6H10N4.ClH/c7-2-5-10-6-8-3-1-4-9-6;/h1,3-4H,2,5,7H2,(H,8,9,10);1H. The molecular weight excluding hydrogens is 164 g/mol. The summed E-state index contributed by atoms with van der Waals surface area (Å²) in [6.07, 6.45) is 3.37. The topological polar surface area (TPSA) is 63.8 Å². The van der Waals surface area contributed by atoms with E-state index in [0.29, 0.717) is 19.0 Å². The van der Waals surface area contributed by atoms with E-state index in [-0.39, 0.29) is 12.4 Å². The van der Waals surface area contributed by atoms with Crippen LogP contribution < -0.4 is 11.1 Å². The molecule has 0 aliphatic rings. The molecule has 4 nitrogen and oxygen atoms in total. The van der Waals surface area contributed by atoms with Crippen LogP contribution in [-0.2, 0) is 0 Å². The van der Waals surface area contributed by atoms with E-state index in [1.165, 1.54) is 0 Å². The fraction of sp³-hybridized carbons (Fsp3) is 0.333. The number of nitrogens with zero attached hydrogens (tertiary/aromatic N) is 2. The van der Waals surface area contributed by atoms with Crippen LogP contribution in [0.15, 0.2) is 18.5 Å². The van der Waals surface area contributed by atoms with E-state index < -0.39 is 0 Å². The van der Waals surface area contributed by atoms with Crippen molar-refractivity contribution in [2.24, 2.45) is 5.73 Å². The van der Waals surface area contributed by atoms with Crippen LogP contribution in [0.2, 0.25) is 0 Å². The maximum absolute atomic E-state index is 5.26. The Kier molecular flexibility index (Phi) is 5.42. The van der Waals surface area contributed by atoms with Crippen molar-refractivity contribution in [1.29, 1.82) is 0 Å². The quantitative estimate of drug-likeness (QED) is 0.691. The molecule has 0 amide bonds. The minimum atomic E-state index is 0. The zero-order chi connectivity index (χ0) is 7.23. The summed E-state index contributed by atoms with van der Waals surface area (Å²) in [6.45, 7) is 1.31. The number of nitrogens with one attached hydrogen (secondary N) is 1. The lowest BCUT2D eigenvalue weighted by Gasteiger charge is -1.99. The van der Waals surface area contributed by atoms with Gasteiger partial charge in [-0.05, 0) is 6.07 Å². The van der Waals surface area contributed by atoms with E-state index in [9.17, 15) is 0 Å². The van der Waals surface area contributed by atoms with Crippen LogP contribution in [0.5, 0.6) is 0 Å². The summed E-state index contributed by atoms with van der Waals surface area (Å²) in [5, 5.41) is 2.95. The van der Waals surface area contributed by atoms with E-state index in [2.05, 4.69) is 15.3 Å². The van der Waals surface area contributed by atoms with Gasteiger partial charge in [0.2, 0.25) is 5.95 Å². The Bertz CT molecular complexity index is 179. The van der Waals surface area contributed by atoms with Gasteiger partial charge < -0.3 is 11.1 Å². The fourth-order valence-electron chi connectivity index (χ4n) is 0.574. The summed E-state index contributed by atoms with van der Waals surface area (Å²) in [5.74, 6) is 0.632. The van der Waals surface area contributed by atoms with Gasteiger partial charge in [0.1, 0.15) is 0 Å². The highest BCUT2D eigenvalue weighted by Gasteiger charge is 1.87. The second kappa shape index (κ2) is 5.88. The van der Waals surface area contributed by atoms with Gasteiger partial charge in [-0.15, -0.1) is 12.4 Å². The van der Waals surface area contributed by atoms with E-state index in [1.54, 1.807) is 18.5 Å². The highest BCUT2D eigenvalue weighted by atomic mass is 35.5. The second-order valence-corrected chi connectivity index (χ2v) is 1.79. The van der Waals surface area contributed by atoms with Crippen LogP contribution in [0.25, 0.3) is 0 Å². The SMILES string of the molecule is Cl.NCCNc1ncccn1. The van der Waals surface area contributed by atoms with Crippen molar-refractivity contribution in [3.05, 3.63) is 18.5 Å². The Morgan fingerprint density at radius 2 is 2.00 bits per heavy atom. The highest BCUT2D eigenvalue weighted by Crippen LogP contribution is 1.90. The molecule has 0 aliphatic carbocycles. The first-order valence-corrected chi connectivity index (χ1v) is 3.14. The maximum atomic E-state index is 5.26. The first kappa shape index (κ1) is 10.1. The van der Waals surface area contributed by atoms with Crippen LogP contribution >= 0.6 is 12.4 Å². The molecular formula is C6H11ClN4. The van der Waals surface area contributed by atoms with Gasteiger partial charge in [0.15, 0.2) is 0 Å². The van der Waals surface area contributed by atoms with Crippen molar-refractivity contribution < 1.29 is 0 Å². The monoisotopic (exact) mass is 174 g/mol. The zero-order valence-electron chi connectivity index (χ0n) is 6.03. The van der Waals surface area contributed by atoms with E-state index in [1.807, 2.05) is 0 Å². The minimum absolute atomic E-state index is 0. The van der Waals surface area contributed by atoms with Gasteiger partial charge in [0.05, 0.1) is 0 Å². The average Bonchev–Trinajstić information content (AvgIpc) is 2.03. The third-order valence-electron chi connectivity index (χ3n) is 0.993. The molecule has 0 spiro atoms. The van der Waals surface area contributed by atoms with Crippen LogP contribution in [0, 0.1) is 0 Å². The van der Waals surface area contributed by atoms with Gasteiger partial charge >= 0.3 is 0 Å². The van der Waals surface area contributed by atoms with Crippen molar-refractivity contribution in [2.75, 3.05) is 18.4 Å². The Morgan fingerprint density at radius 3 is 2.55 bits per heavy atom. The minimum Gasteiger partial charge on any atom is -0.353 e. The predicted octanol–water partition coefficient (Wildman–Crippen LogP) is 0.269. The van der Waals surface area contributed by atoms with Crippen molar-refractivity contribution >= 4 is 18.4 Å². The highest BCUT2D eigenvalue weighted by molar-refractivity contribution is 5.85. The Morgan fingerprint density at radius 1 is 1.36 bits per heavy atom. The van der Waals surface area contributed by atoms with Crippen LogP contribution in [0.4, 0.5) is 5.95 Å². The average molecular weight is 175 g/mol. The lowest BCUT2D eigenvalue weighted by Crippen LogP contribution is -2.14. The summed E-state index contributed by atoms with van der Waals surface area (Å²) >= 11 is 0. The largest absolute Gasteiger partial charge is 0.353 e. The second-order valence-electron chi connectivity index (χ2n) is 1.79. The number of hydrogen-bond acceptors (Lipinski definition) is 4. The first-order valence-electron chi connectivity index (χ1n) is 3.14.